The smallest absolute Gasteiger partial charge is 0.226 e. The molecule has 2 atom stereocenters. The van der Waals surface area contributed by atoms with E-state index in [1.165, 1.54) is 37.7 Å². The van der Waals surface area contributed by atoms with E-state index in [1.807, 2.05) is 0 Å². The summed E-state index contributed by atoms with van der Waals surface area (Å²) in [5, 5.41) is 3.44. The summed E-state index contributed by atoms with van der Waals surface area (Å²) in [5.74, 6) is 1.44. The average Bonchev–Trinajstić information content (AvgIpc) is 3.27. The molecule has 1 aromatic rings. The maximum absolute atomic E-state index is 13.4. The summed E-state index contributed by atoms with van der Waals surface area (Å²) in [6.45, 7) is 5.34. The van der Waals surface area contributed by atoms with Gasteiger partial charge in [0, 0.05) is 12.5 Å². The molecule has 1 aliphatic heterocycles. The largest absolute Gasteiger partial charge is 0.335 e. The van der Waals surface area contributed by atoms with Crippen LogP contribution in [-0.4, -0.2) is 30.4 Å². The fourth-order valence-corrected chi connectivity index (χ4v) is 4.68. The summed E-state index contributed by atoms with van der Waals surface area (Å²) in [5.41, 5.74) is 1.60. The van der Waals surface area contributed by atoms with E-state index >= 15 is 0 Å². The zero-order valence-corrected chi connectivity index (χ0v) is 16.1. The van der Waals surface area contributed by atoms with Gasteiger partial charge in [0.25, 0.3) is 0 Å². The predicted molar refractivity (Wildman–Crippen MR) is 104 cm³/mol. The summed E-state index contributed by atoms with van der Waals surface area (Å²) in [7, 11) is 0. The van der Waals surface area contributed by atoms with Gasteiger partial charge in [0.1, 0.15) is 0 Å². The SMILES string of the molecule is CC(c1ccccc1)N(CC1CCC1)C(=O)C1CC12CCNCC2.Cl. The first-order chi connectivity index (χ1) is 11.7. The minimum absolute atomic E-state index is 0. The molecule has 1 heterocycles. The predicted octanol–water partition coefficient (Wildman–Crippen LogP) is 4.19. The van der Waals surface area contributed by atoms with Gasteiger partial charge in [0.15, 0.2) is 0 Å². The molecule has 4 rings (SSSR count). The fraction of sp³-hybridized carbons (Fsp3) is 0.667. The first kappa shape index (κ1) is 18.7. The Bertz CT molecular complexity index is 581. The van der Waals surface area contributed by atoms with E-state index in [1.54, 1.807) is 0 Å². The van der Waals surface area contributed by atoms with Gasteiger partial charge in [-0.25, -0.2) is 0 Å². The molecule has 2 saturated carbocycles. The average molecular weight is 363 g/mol. The number of carbonyl (C=O) groups excluding carboxylic acids is 1. The van der Waals surface area contributed by atoms with Crippen LogP contribution < -0.4 is 5.32 Å². The second kappa shape index (κ2) is 7.67. The van der Waals surface area contributed by atoms with Crippen LogP contribution in [0.3, 0.4) is 0 Å². The Labute approximate surface area is 158 Å². The second-order valence-corrected chi connectivity index (χ2v) is 8.24. The summed E-state index contributed by atoms with van der Waals surface area (Å²) < 4.78 is 0. The lowest BCUT2D eigenvalue weighted by Gasteiger charge is -2.37. The molecule has 0 radical (unpaired) electrons. The number of halogens is 1. The van der Waals surface area contributed by atoms with Crippen LogP contribution in [0.1, 0.15) is 57.1 Å². The van der Waals surface area contributed by atoms with Crippen LogP contribution in [0.2, 0.25) is 0 Å². The molecule has 3 aliphatic rings. The number of nitrogens with zero attached hydrogens (tertiary/aromatic N) is 1. The maximum atomic E-state index is 13.4. The Morgan fingerprint density at radius 1 is 1.24 bits per heavy atom. The number of piperidine rings is 1. The lowest BCUT2D eigenvalue weighted by atomic mass is 9.84. The van der Waals surface area contributed by atoms with Crippen molar-refractivity contribution in [2.45, 2.75) is 51.5 Å². The third kappa shape index (κ3) is 3.73. The Morgan fingerprint density at radius 3 is 2.52 bits per heavy atom. The minimum atomic E-state index is 0. The van der Waals surface area contributed by atoms with Crippen LogP contribution in [0.15, 0.2) is 30.3 Å². The van der Waals surface area contributed by atoms with E-state index in [-0.39, 0.29) is 24.4 Å². The third-order valence-electron chi connectivity index (χ3n) is 6.80. The molecule has 3 nitrogen and oxygen atoms in total. The van der Waals surface area contributed by atoms with Gasteiger partial charge in [-0.1, -0.05) is 36.8 Å². The monoisotopic (exact) mass is 362 g/mol. The molecule has 4 heteroatoms. The molecule has 1 aromatic carbocycles. The van der Waals surface area contributed by atoms with Crippen molar-refractivity contribution in [2.24, 2.45) is 17.3 Å². The highest BCUT2D eigenvalue weighted by molar-refractivity contribution is 5.85. The van der Waals surface area contributed by atoms with Gasteiger partial charge in [-0.15, -0.1) is 12.4 Å². The second-order valence-electron chi connectivity index (χ2n) is 8.24. The van der Waals surface area contributed by atoms with Gasteiger partial charge in [-0.05, 0) is 69.0 Å². The third-order valence-corrected chi connectivity index (χ3v) is 6.80. The topological polar surface area (TPSA) is 32.3 Å². The van der Waals surface area contributed by atoms with Crippen molar-refractivity contribution < 1.29 is 4.79 Å². The molecule has 1 N–H and O–H groups in total. The number of rotatable bonds is 5. The van der Waals surface area contributed by atoms with Crippen molar-refractivity contribution in [1.29, 1.82) is 0 Å². The van der Waals surface area contributed by atoms with Gasteiger partial charge >= 0.3 is 0 Å². The van der Waals surface area contributed by atoms with E-state index in [0.29, 0.717) is 11.3 Å². The normalized spacial score (nSPS) is 25.6. The van der Waals surface area contributed by atoms with Crippen LogP contribution in [0.4, 0.5) is 0 Å². The maximum Gasteiger partial charge on any atom is 0.226 e. The van der Waals surface area contributed by atoms with Crippen molar-refractivity contribution >= 4 is 18.3 Å². The summed E-state index contributed by atoms with van der Waals surface area (Å²) >= 11 is 0. The van der Waals surface area contributed by atoms with Crippen LogP contribution >= 0.6 is 12.4 Å². The van der Waals surface area contributed by atoms with Crippen LogP contribution in [-0.2, 0) is 4.79 Å². The van der Waals surface area contributed by atoms with Crippen LogP contribution in [0, 0.1) is 17.3 Å². The van der Waals surface area contributed by atoms with Gasteiger partial charge < -0.3 is 10.2 Å². The molecule has 138 valence electrons. The van der Waals surface area contributed by atoms with Gasteiger partial charge in [0.05, 0.1) is 6.04 Å². The van der Waals surface area contributed by atoms with Crippen molar-refractivity contribution in [2.75, 3.05) is 19.6 Å². The van der Waals surface area contributed by atoms with Gasteiger partial charge in [0.2, 0.25) is 5.91 Å². The first-order valence-electron chi connectivity index (χ1n) is 9.76. The quantitative estimate of drug-likeness (QED) is 0.851. The molecular weight excluding hydrogens is 332 g/mol. The van der Waals surface area contributed by atoms with E-state index in [4.69, 9.17) is 0 Å². The number of hydrogen-bond acceptors (Lipinski definition) is 2. The molecule has 1 spiro atoms. The molecular formula is C21H31ClN2O. The Kier molecular flexibility index (Phi) is 5.75. The van der Waals surface area contributed by atoms with Crippen molar-refractivity contribution in [1.82, 2.24) is 10.2 Å². The van der Waals surface area contributed by atoms with Crippen LogP contribution in [0.5, 0.6) is 0 Å². The van der Waals surface area contributed by atoms with Gasteiger partial charge in [-0.3, -0.25) is 4.79 Å². The molecule has 1 saturated heterocycles. The van der Waals surface area contributed by atoms with Crippen molar-refractivity contribution in [3.63, 3.8) is 0 Å². The highest BCUT2D eigenvalue weighted by Gasteiger charge is 2.59. The molecule has 2 aliphatic carbocycles. The molecule has 0 bridgehead atoms. The molecule has 0 aromatic heterocycles. The number of amides is 1. The number of benzene rings is 1. The van der Waals surface area contributed by atoms with E-state index in [0.717, 1.165) is 32.0 Å². The fourth-order valence-electron chi connectivity index (χ4n) is 4.68. The molecule has 1 amide bonds. The Morgan fingerprint density at radius 2 is 1.92 bits per heavy atom. The number of nitrogens with one attached hydrogen (secondary N) is 1. The summed E-state index contributed by atoms with van der Waals surface area (Å²) in [6.07, 6.45) is 7.42. The first-order valence-corrected chi connectivity index (χ1v) is 9.76. The van der Waals surface area contributed by atoms with E-state index in [2.05, 4.69) is 47.5 Å². The van der Waals surface area contributed by atoms with Crippen molar-refractivity contribution in [3.8, 4) is 0 Å². The number of carbonyl (C=O) groups is 1. The highest BCUT2D eigenvalue weighted by atomic mass is 35.5. The summed E-state index contributed by atoms with van der Waals surface area (Å²) in [4.78, 5) is 15.6. The van der Waals surface area contributed by atoms with Crippen LogP contribution in [0.25, 0.3) is 0 Å². The molecule has 3 fully saturated rings. The zero-order chi connectivity index (χ0) is 16.6. The van der Waals surface area contributed by atoms with E-state index in [9.17, 15) is 4.79 Å². The minimum Gasteiger partial charge on any atom is -0.335 e. The van der Waals surface area contributed by atoms with E-state index < -0.39 is 0 Å². The van der Waals surface area contributed by atoms with Gasteiger partial charge in [-0.2, -0.15) is 0 Å². The lowest BCUT2D eigenvalue weighted by Crippen LogP contribution is -2.41. The lowest BCUT2D eigenvalue weighted by molar-refractivity contribution is -0.137. The summed E-state index contributed by atoms with van der Waals surface area (Å²) in [6, 6.07) is 10.8. The standard InChI is InChI=1S/C21H30N2O.ClH/c1-16(18-8-3-2-4-9-18)23(15-17-6-5-7-17)20(24)19-14-21(19)10-12-22-13-11-21;/h2-4,8-9,16-17,19,22H,5-7,10-15H2,1H3;1H. The highest BCUT2D eigenvalue weighted by Crippen LogP contribution is 2.59. The molecule has 25 heavy (non-hydrogen) atoms. The zero-order valence-electron chi connectivity index (χ0n) is 15.2. The Hall–Kier alpha value is -1.06. The molecule has 2 unspecified atom stereocenters. The Balaban J connectivity index is 0.00000182. The number of hydrogen-bond donors (Lipinski definition) is 1. The van der Waals surface area contributed by atoms with Crippen molar-refractivity contribution in [3.05, 3.63) is 35.9 Å².